The Hall–Kier alpha value is -1.06. The van der Waals surface area contributed by atoms with Crippen molar-refractivity contribution in [3.8, 4) is 5.75 Å². The largest absolute Gasteiger partial charge is 0.489 e. The van der Waals surface area contributed by atoms with Gasteiger partial charge in [0.05, 0.1) is 5.02 Å². The first-order chi connectivity index (χ1) is 8.56. The van der Waals surface area contributed by atoms with Crippen molar-refractivity contribution in [1.82, 2.24) is 0 Å². The maximum Gasteiger partial charge on any atom is 0.141 e. The van der Waals surface area contributed by atoms with Crippen LogP contribution in [-0.2, 0) is 6.61 Å². The van der Waals surface area contributed by atoms with Gasteiger partial charge in [0.2, 0.25) is 0 Å². The van der Waals surface area contributed by atoms with Crippen LogP contribution in [-0.4, -0.2) is 0 Å². The Morgan fingerprint density at radius 1 is 1.22 bits per heavy atom. The third-order valence-electron chi connectivity index (χ3n) is 2.53. The molecule has 0 heterocycles. The summed E-state index contributed by atoms with van der Waals surface area (Å²) in [5.74, 6) is 0.379. The third kappa shape index (κ3) is 3.24. The Kier molecular flexibility index (Phi) is 4.25. The van der Waals surface area contributed by atoms with Crippen LogP contribution in [0.25, 0.3) is 0 Å². The second kappa shape index (κ2) is 5.72. The summed E-state index contributed by atoms with van der Waals surface area (Å²) in [6, 6.07) is 10.4. The van der Waals surface area contributed by atoms with Gasteiger partial charge in [-0.25, -0.2) is 4.39 Å². The number of hydrogen-bond acceptors (Lipinski definition) is 1. The minimum Gasteiger partial charge on any atom is -0.489 e. The molecule has 0 bridgehead atoms. The molecule has 18 heavy (non-hydrogen) atoms. The van der Waals surface area contributed by atoms with Crippen molar-refractivity contribution in [2.24, 2.45) is 0 Å². The highest BCUT2D eigenvalue weighted by Gasteiger charge is 2.04. The van der Waals surface area contributed by atoms with Crippen LogP contribution in [0.5, 0.6) is 5.75 Å². The third-order valence-corrected chi connectivity index (χ3v) is 3.31. The van der Waals surface area contributed by atoms with Crippen LogP contribution in [0.2, 0.25) is 5.02 Å². The second-order valence-electron chi connectivity index (χ2n) is 3.95. The molecule has 0 aliphatic heterocycles. The highest BCUT2D eigenvalue weighted by Crippen LogP contribution is 2.24. The molecule has 0 aromatic heterocycles. The standard InChI is InChI=1S/C14H11BrClFO/c1-9-2-4-11(15)7-14(9)18-8-10-3-5-13(17)12(16)6-10/h2-7H,8H2,1H3. The van der Waals surface area contributed by atoms with Crippen LogP contribution in [0, 0.1) is 12.7 Å². The van der Waals surface area contributed by atoms with Gasteiger partial charge >= 0.3 is 0 Å². The highest BCUT2D eigenvalue weighted by molar-refractivity contribution is 9.10. The number of aryl methyl sites for hydroxylation is 1. The van der Waals surface area contributed by atoms with Crippen LogP contribution in [0.15, 0.2) is 40.9 Å². The zero-order chi connectivity index (χ0) is 13.1. The zero-order valence-corrected chi connectivity index (χ0v) is 12.1. The summed E-state index contributed by atoms with van der Waals surface area (Å²) in [5.41, 5.74) is 1.88. The maximum absolute atomic E-state index is 13.0. The fourth-order valence-corrected chi connectivity index (χ4v) is 2.06. The first kappa shape index (κ1) is 13.4. The fourth-order valence-electron chi connectivity index (χ4n) is 1.52. The summed E-state index contributed by atoms with van der Waals surface area (Å²) in [6.07, 6.45) is 0. The van der Waals surface area contributed by atoms with E-state index >= 15 is 0 Å². The summed E-state index contributed by atoms with van der Waals surface area (Å²) >= 11 is 9.11. The Labute approximate surface area is 119 Å². The monoisotopic (exact) mass is 328 g/mol. The second-order valence-corrected chi connectivity index (χ2v) is 5.27. The lowest BCUT2D eigenvalue weighted by Crippen LogP contribution is -1.97. The van der Waals surface area contributed by atoms with Crippen molar-refractivity contribution in [3.63, 3.8) is 0 Å². The van der Waals surface area contributed by atoms with E-state index in [4.69, 9.17) is 16.3 Å². The topological polar surface area (TPSA) is 9.23 Å². The van der Waals surface area contributed by atoms with Crippen LogP contribution in [0.3, 0.4) is 0 Å². The molecule has 2 aromatic carbocycles. The summed E-state index contributed by atoms with van der Waals surface area (Å²) < 4.78 is 19.6. The molecule has 0 aliphatic carbocycles. The van der Waals surface area contributed by atoms with Crippen LogP contribution in [0.1, 0.15) is 11.1 Å². The Balaban J connectivity index is 2.11. The lowest BCUT2D eigenvalue weighted by atomic mass is 10.2. The van der Waals surface area contributed by atoms with Gasteiger partial charge in [-0.2, -0.15) is 0 Å². The summed E-state index contributed by atoms with van der Waals surface area (Å²) in [5, 5.41) is 0.113. The molecule has 94 valence electrons. The first-order valence-corrected chi connectivity index (χ1v) is 6.56. The Morgan fingerprint density at radius 2 is 2.00 bits per heavy atom. The lowest BCUT2D eigenvalue weighted by Gasteiger charge is -2.10. The molecule has 0 amide bonds. The molecule has 2 aromatic rings. The Morgan fingerprint density at radius 3 is 2.72 bits per heavy atom. The lowest BCUT2D eigenvalue weighted by molar-refractivity contribution is 0.304. The zero-order valence-electron chi connectivity index (χ0n) is 9.71. The number of rotatable bonds is 3. The van der Waals surface area contributed by atoms with Crippen molar-refractivity contribution in [1.29, 1.82) is 0 Å². The molecular formula is C14H11BrClFO. The minimum absolute atomic E-state index is 0.113. The van der Waals surface area contributed by atoms with Gasteiger partial charge in [-0.3, -0.25) is 0 Å². The summed E-state index contributed by atoms with van der Waals surface area (Å²) in [4.78, 5) is 0. The van der Waals surface area contributed by atoms with Crippen molar-refractivity contribution in [2.45, 2.75) is 13.5 Å². The molecule has 0 aliphatic rings. The van der Waals surface area contributed by atoms with Gasteiger partial charge < -0.3 is 4.74 Å². The molecule has 2 rings (SSSR count). The van der Waals surface area contributed by atoms with E-state index < -0.39 is 5.82 Å². The maximum atomic E-state index is 13.0. The Bertz CT molecular complexity index is 572. The van der Waals surface area contributed by atoms with E-state index in [1.165, 1.54) is 6.07 Å². The highest BCUT2D eigenvalue weighted by atomic mass is 79.9. The predicted molar refractivity (Wildman–Crippen MR) is 74.6 cm³/mol. The van der Waals surface area contributed by atoms with Crippen LogP contribution in [0.4, 0.5) is 4.39 Å². The van der Waals surface area contributed by atoms with Crippen molar-refractivity contribution < 1.29 is 9.13 Å². The van der Waals surface area contributed by atoms with E-state index in [1.807, 2.05) is 25.1 Å². The molecule has 4 heteroatoms. The van der Waals surface area contributed by atoms with Gasteiger partial charge in [0.15, 0.2) is 0 Å². The number of benzene rings is 2. The van der Waals surface area contributed by atoms with Crippen molar-refractivity contribution in [2.75, 3.05) is 0 Å². The van der Waals surface area contributed by atoms with Gasteiger partial charge in [-0.15, -0.1) is 0 Å². The molecule has 0 saturated heterocycles. The number of hydrogen-bond donors (Lipinski definition) is 0. The van der Waals surface area contributed by atoms with Crippen LogP contribution >= 0.6 is 27.5 Å². The molecule has 0 saturated carbocycles. The molecular weight excluding hydrogens is 319 g/mol. The predicted octanol–water partition coefficient (Wildman–Crippen LogP) is 5.13. The first-order valence-electron chi connectivity index (χ1n) is 5.39. The molecule has 0 radical (unpaired) electrons. The average Bonchev–Trinajstić information content (AvgIpc) is 2.34. The number of ether oxygens (including phenoxy) is 1. The van der Waals surface area contributed by atoms with E-state index in [9.17, 15) is 4.39 Å². The molecule has 0 unspecified atom stereocenters. The average molecular weight is 330 g/mol. The smallest absolute Gasteiger partial charge is 0.141 e. The molecule has 1 nitrogen and oxygen atoms in total. The van der Waals surface area contributed by atoms with Gasteiger partial charge in [0, 0.05) is 4.47 Å². The summed E-state index contributed by atoms with van der Waals surface area (Å²) in [7, 11) is 0. The van der Waals surface area contributed by atoms with Gasteiger partial charge in [0.1, 0.15) is 18.2 Å². The van der Waals surface area contributed by atoms with Gasteiger partial charge in [-0.05, 0) is 42.3 Å². The van der Waals surface area contributed by atoms with E-state index in [-0.39, 0.29) is 5.02 Å². The molecule has 0 N–H and O–H groups in total. The molecule has 0 atom stereocenters. The van der Waals surface area contributed by atoms with E-state index in [0.717, 1.165) is 21.3 Å². The summed E-state index contributed by atoms with van der Waals surface area (Å²) in [6.45, 7) is 2.33. The number of halogens is 3. The van der Waals surface area contributed by atoms with E-state index in [2.05, 4.69) is 15.9 Å². The normalized spacial score (nSPS) is 10.4. The fraction of sp³-hybridized carbons (Fsp3) is 0.143. The van der Waals surface area contributed by atoms with Crippen molar-refractivity contribution >= 4 is 27.5 Å². The minimum atomic E-state index is -0.418. The quantitative estimate of drug-likeness (QED) is 0.758. The van der Waals surface area contributed by atoms with Crippen molar-refractivity contribution in [3.05, 3.63) is 62.8 Å². The molecule has 0 spiro atoms. The SMILES string of the molecule is Cc1ccc(Br)cc1OCc1ccc(F)c(Cl)c1. The van der Waals surface area contributed by atoms with E-state index in [0.29, 0.717) is 6.61 Å². The van der Waals surface area contributed by atoms with Gasteiger partial charge in [-0.1, -0.05) is 39.7 Å². The van der Waals surface area contributed by atoms with E-state index in [1.54, 1.807) is 12.1 Å². The van der Waals surface area contributed by atoms with Crippen LogP contribution < -0.4 is 4.74 Å². The molecule has 0 fully saturated rings. The van der Waals surface area contributed by atoms with Gasteiger partial charge in [0.25, 0.3) is 0 Å².